The molecule has 2 N–H and O–H groups in total. The van der Waals surface area contributed by atoms with Gasteiger partial charge in [-0.1, -0.05) is 49.3 Å². The van der Waals surface area contributed by atoms with Gasteiger partial charge in [-0.2, -0.15) is 4.98 Å². The standard InChI is InChI=1S/C16H24N4O/c1-13(2)16-18-15(19-21-16)12-20(11-9-17)10-8-14-6-4-3-5-7-14/h3-7,13H,8-12,17H2,1-2H3. The average molecular weight is 288 g/mol. The monoisotopic (exact) mass is 288 g/mol. The molecule has 0 spiro atoms. The van der Waals surface area contributed by atoms with E-state index >= 15 is 0 Å². The topological polar surface area (TPSA) is 68.2 Å². The fourth-order valence-corrected chi connectivity index (χ4v) is 2.15. The minimum absolute atomic E-state index is 0.263. The van der Waals surface area contributed by atoms with E-state index in [2.05, 4.69) is 39.3 Å². The predicted molar refractivity (Wildman–Crippen MR) is 82.9 cm³/mol. The highest BCUT2D eigenvalue weighted by Gasteiger charge is 2.13. The van der Waals surface area contributed by atoms with Crippen LogP contribution >= 0.6 is 0 Å². The molecule has 0 radical (unpaired) electrons. The van der Waals surface area contributed by atoms with Crippen LogP contribution in [-0.2, 0) is 13.0 Å². The van der Waals surface area contributed by atoms with Gasteiger partial charge < -0.3 is 10.3 Å². The minimum atomic E-state index is 0.263. The van der Waals surface area contributed by atoms with E-state index in [4.69, 9.17) is 10.3 Å². The second-order valence-electron chi connectivity index (χ2n) is 5.50. The highest BCUT2D eigenvalue weighted by molar-refractivity contribution is 5.14. The number of hydrogen-bond acceptors (Lipinski definition) is 5. The van der Waals surface area contributed by atoms with Gasteiger partial charge in [-0.25, -0.2) is 0 Å². The molecule has 1 aromatic heterocycles. The first-order valence-corrected chi connectivity index (χ1v) is 7.48. The molecule has 1 aromatic carbocycles. The van der Waals surface area contributed by atoms with Crippen molar-refractivity contribution in [2.24, 2.45) is 5.73 Å². The molecule has 2 aromatic rings. The first-order chi connectivity index (χ1) is 10.2. The van der Waals surface area contributed by atoms with Gasteiger partial charge in [-0.15, -0.1) is 0 Å². The number of nitrogens with zero attached hydrogens (tertiary/aromatic N) is 3. The molecule has 2 rings (SSSR count). The molecule has 0 unspecified atom stereocenters. The van der Waals surface area contributed by atoms with Gasteiger partial charge in [0, 0.05) is 25.6 Å². The molecule has 114 valence electrons. The molecule has 21 heavy (non-hydrogen) atoms. The molecule has 0 saturated heterocycles. The van der Waals surface area contributed by atoms with Gasteiger partial charge in [-0.05, 0) is 12.0 Å². The molecular formula is C16H24N4O. The van der Waals surface area contributed by atoms with Crippen molar-refractivity contribution in [1.82, 2.24) is 15.0 Å². The molecule has 1 heterocycles. The molecule has 0 aliphatic carbocycles. The minimum Gasteiger partial charge on any atom is -0.339 e. The van der Waals surface area contributed by atoms with Crippen molar-refractivity contribution in [3.8, 4) is 0 Å². The van der Waals surface area contributed by atoms with Crippen LogP contribution < -0.4 is 5.73 Å². The molecule has 0 saturated carbocycles. The summed E-state index contributed by atoms with van der Waals surface area (Å²) in [5.74, 6) is 1.69. The second kappa shape index (κ2) is 7.90. The quantitative estimate of drug-likeness (QED) is 0.806. The van der Waals surface area contributed by atoms with Crippen LogP contribution in [0.5, 0.6) is 0 Å². The Hall–Kier alpha value is -1.72. The normalized spacial score (nSPS) is 11.5. The van der Waals surface area contributed by atoms with E-state index in [0.29, 0.717) is 19.0 Å². The van der Waals surface area contributed by atoms with Gasteiger partial charge in [0.1, 0.15) is 0 Å². The summed E-state index contributed by atoms with van der Waals surface area (Å²) in [4.78, 5) is 6.69. The lowest BCUT2D eigenvalue weighted by Gasteiger charge is -2.19. The van der Waals surface area contributed by atoms with Crippen LogP contribution in [0.15, 0.2) is 34.9 Å². The zero-order valence-corrected chi connectivity index (χ0v) is 12.8. The SMILES string of the molecule is CC(C)c1nc(CN(CCN)CCc2ccccc2)no1. The summed E-state index contributed by atoms with van der Waals surface area (Å²) in [7, 11) is 0. The van der Waals surface area contributed by atoms with Crippen LogP contribution in [0.2, 0.25) is 0 Å². The highest BCUT2D eigenvalue weighted by atomic mass is 16.5. The van der Waals surface area contributed by atoms with Crippen LogP contribution in [0.1, 0.15) is 37.0 Å². The number of hydrogen-bond donors (Lipinski definition) is 1. The molecule has 0 aliphatic rings. The van der Waals surface area contributed by atoms with E-state index in [0.717, 1.165) is 25.3 Å². The maximum Gasteiger partial charge on any atom is 0.229 e. The molecule has 0 aliphatic heterocycles. The lowest BCUT2D eigenvalue weighted by Crippen LogP contribution is -2.31. The molecule has 0 amide bonds. The largest absolute Gasteiger partial charge is 0.339 e. The second-order valence-corrected chi connectivity index (χ2v) is 5.50. The van der Waals surface area contributed by atoms with Crippen LogP contribution in [0.3, 0.4) is 0 Å². The van der Waals surface area contributed by atoms with Crippen molar-refractivity contribution in [3.05, 3.63) is 47.6 Å². The van der Waals surface area contributed by atoms with Crippen molar-refractivity contribution in [2.75, 3.05) is 19.6 Å². The number of nitrogens with two attached hydrogens (primary N) is 1. The first-order valence-electron chi connectivity index (χ1n) is 7.48. The van der Waals surface area contributed by atoms with E-state index in [1.807, 2.05) is 19.9 Å². The maximum atomic E-state index is 5.70. The third-order valence-electron chi connectivity index (χ3n) is 3.35. The summed E-state index contributed by atoms with van der Waals surface area (Å²) in [5, 5.41) is 4.05. The van der Waals surface area contributed by atoms with Gasteiger partial charge in [-0.3, -0.25) is 4.90 Å². The Bertz CT molecular complexity index is 524. The van der Waals surface area contributed by atoms with Crippen molar-refractivity contribution in [3.63, 3.8) is 0 Å². The van der Waals surface area contributed by atoms with Gasteiger partial charge in [0.25, 0.3) is 0 Å². The van der Waals surface area contributed by atoms with Gasteiger partial charge in [0.2, 0.25) is 5.89 Å². The average Bonchev–Trinajstić information content (AvgIpc) is 2.95. The van der Waals surface area contributed by atoms with E-state index in [-0.39, 0.29) is 5.92 Å². The summed E-state index contributed by atoms with van der Waals surface area (Å²) in [5.41, 5.74) is 7.03. The molecular weight excluding hydrogens is 264 g/mol. The summed E-state index contributed by atoms with van der Waals surface area (Å²) < 4.78 is 5.25. The Morgan fingerprint density at radius 3 is 2.57 bits per heavy atom. The third-order valence-corrected chi connectivity index (χ3v) is 3.35. The van der Waals surface area contributed by atoms with Gasteiger partial charge in [0.15, 0.2) is 5.82 Å². The number of aromatic nitrogens is 2. The molecule has 5 heteroatoms. The predicted octanol–water partition coefficient (Wildman–Crippen LogP) is 2.20. The van der Waals surface area contributed by atoms with Gasteiger partial charge in [0.05, 0.1) is 6.54 Å². The van der Waals surface area contributed by atoms with Crippen molar-refractivity contribution >= 4 is 0 Å². The summed E-state index contributed by atoms with van der Waals surface area (Å²) in [6, 6.07) is 10.5. The highest BCUT2D eigenvalue weighted by Crippen LogP contribution is 2.12. The fraction of sp³-hybridized carbons (Fsp3) is 0.500. The van der Waals surface area contributed by atoms with Crippen molar-refractivity contribution < 1.29 is 4.52 Å². The smallest absolute Gasteiger partial charge is 0.229 e. The van der Waals surface area contributed by atoms with E-state index in [1.54, 1.807) is 0 Å². The molecule has 5 nitrogen and oxygen atoms in total. The first kappa shape index (κ1) is 15.7. The molecule has 0 fully saturated rings. The van der Waals surface area contributed by atoms with E-state index in [1.165, 1.54) is 5.56 Å². The molecule has 0 atom stereocenters. The Labute approximate surface area is 126 Å². The zero-order valence-electron chi connectivity index (χ0n) is 12.8. The number of rotatable bonds is 8. The van der Waals surface area contributed by atoms with Crippen LogP contribution in [-0.4, -0.2) is 34.7 Å². The van der Waals surface area contributed by atoms with Crippen molar-refractivity contribution in [2.45, 2.75) is 32.7 Å². The summed E-state index contributed by atoms with van der Waals surface area (Å²) in [6.07, 6.45) is 0.996. The Kier molecular flexibility index (Phi) is 5.90. The van der Waals surface area contributed by atoms with Crippen LogP contribution in [0.25, 0.3) is 0 Å². The Morgan fingerprint density at radius 2 is 1.95 bits per heavy atom. The third kappa shape index (κ3) is 4.95. The van der Waals surface area contributed by atoms with Crippen LogP contribution in [0.4, 0.5) is 0 Å². The maximum absolute atomic E-state index is 5.70. The van der Waals surface area contributed by atoms with E-state index < -0.39 is 0 Å². The van der Waals surface area contributed by atoms with Gasteiger partial charge >= 0.3 is 0 Å². The van der Waals surface area contributed by atoms with Crippen LogP contribution in [0, 0.1) is 0 Å². The zero-order chi connectivity index (χ0) is 15.1. The van der Waals surface area contributed by atoms with E-state index in [9.17, 15) is 0 Å². The lowest BCUT2D eigenvalue weighted by molar-refractivity contribution is 0.263. The number of benzene rings is 1. The summed E-state index contributed by atoms with van der Waals surface area (Å²) in [6.45, 7) is 7.17. The molecule has 0 bridgehead atoms. The summed E-state index contributed by atoms with van der Waals surface area (Å²) >= 11 is 0. The fourth-order valence-electron chi connectivity index (χ4n) is 2.15. The lowest BCUT2D eigenvalue weighted by atomic mass is 10.1. The Balaban J connectivity index is 1.91. The Morgan fingerprint density at radius 1 is 1.19 bits per heavy atom. The van der Waals surface area contributed by atoms with Crippen molar-refractivity contribution in [1.29, 1.82) is 0 Å².